The van der Waals surface area contributed by atoms with E-state index in [0.717, 1.165) is 22.4 Å². The Kier molecular flexibility index (Phi) is 8.44. The van der Waals surface area contributed by atoms with E-state index >= 15 is 0 Å². The Morgan fingerprint density at radius 3 is 2.00 bits per heavy atom. The molecule has 2 unspecified atom stereocenters. The van der Waals surface area contributed by atoms with Crippen molar-refractivity contribution in [2.24, 2.45) is 5.92 Å². The van der Waals surface area contributed by atoms with Gasteiger partial charge in [-0.1, -0.05) is 78.9 Å². The van der Waals surface area contributed by atoms with Crippen LogP contribution in [0.1, 0.15) is 27.4 Å². The molecule has 0 heterocycles. The zero-order valence-corrected chi connectivity index (χ0v) is 17.9. The average molecular weight is 410 g/mol. The summed E-state index contributed by atoms with van der Waals surface area (Å²) < 4.78 is 5.66. The molecule has 0 aliphatic rings. The summed E-state index contributed by atoms with van der Waals surface area (Å²) in [4.78, 5) is 15.7. The molecule has 0 spiro atoms. The summed E-state index contributed by atoms with van der Waals surface area (Å²) in [5, 5.41) is 0. The summed E-state index contributed by atoms with van der Waals surface area (Å²) in [5.41, 5.74) is 2.89. The van der Waals surface area contributed by atoms with Gasteiger partial charge >= 0.3 is 0 Å². The van der Waals surface area contributed by atoms with Crippen molar-refractivity contribution in [1.29, 1.82) is 0 Å². The topological polar surface area (TPSA) is 29.5 Å². The first-order chi connectivity index (χ1) is 13.6. The van der Waals surface area contributed by atoms with Crippen molar-refractivity contribution in [3.05, 3.63) is 102 Å². The summed E-state index contributed by atoms with van der Waals surface area (Å²) in [6.07, 6.45) is 0. The number of Topliss-reactive ketones (excluding diaryl/α,β-unsaturated/α-hetero) is 1. The van der Waals surface area contributed by atoms with E-state index in [9.17, 15) is 4.79 Å². The van der Waals surface area contributed by atoms with E-state index in [2.05, 4.69) is 23.1 Å². The fourth-order valence-corrected chi connectivity index (χ4v) is 3.76. The summed E-state index contributed by atoms with van der Waals surface area (Å²) in [6.45, 7) is 0.644. The van der Waals surface area contributed by atoms with Crippen molar-refractivity contribution in [3.63, 3.8) is 0 Å². The first-order valence-electron chi connectivity index (χ1n) is 9.53. The van der Waals surface area contributed by atoms with Gasteiger partial charge in [0, 0.05) is 29.5 Å². The number of hydrogen-bond acceptors (Lipinski definition) is 3. The number of carbonyl (C=O) groups excluding carboxylic acids is 1. The van der Waals surface area contributed by atoms with Gasteiger partial charge in [0.1, 0.15) is 5.75 Å². The number of para-hydroxylation sites is 1. The highest BCUT2D eigenvalue weighted by Crippen LogP contribution is 2.39. The van der Waals surface area contributed by atoms with Crippen molar-refractivity contribution < 1.29 is 9.53 Å². The summed E-state index contributed by atoms with van der Waals surface area (Å²) in [6, 6.07) is 27.8. The quantitative estimate of drug-likeness (QED) is 0.472. The van der Waals surface area contributed by atoms with Crippen molar-refractivity contribution in [2.45, 2.75) is 5.92 Å². The van der Waals surface area contributed by atoms with Crippen LogP contribution < -0.4 is 4.74 Å². The molecule has 3 aromatic carbocycles. The van der Waals surface area contributed by atoms with E-state index in [4.69, 9.17) is 4.74 Å². The molecule has 0 radical (unpaired) electrons. The summed E-state index contributed by atoms with van der Waals surface area (Å²) >= 11 is 0. The van der Waals surface area contributed by atoms with E-state index < -0.39 is 0 Å². The maximum atomic E-state index is 13.6. The van der Waals surface area contributed by atoms with E-state index in [1.165, 1.54) is 0 Å². The highest BCUT2D eigenvalue weighted by atomic mass is 35.5. The second-order valence-electron chi connectivity index (χ2n) is 7.23. The van der Waals surface area contributed by atoms with E-state index in [1.807, 2.05) is 80.8 Å². The standard InChI is InChI=1S/C25H27NO2.ClH/c1-26(2)18-22(25(27)20-14-8-5-9-15-20)24(19-12-6-4-7-13-19)21-16-10-11-17-23(21)28-3;/h4-17,22,24H,18H2,1-3H3;1H. The van der Waals surface area contributed by atoms with Crippen LogP contribution in [0.2, 0.25) is 0 Å². The molecule has 0 saturated heterocycles. The largest absolute Gasteiger partial charge is 0.496 e. The van der Waals surface area contributed by atoms with Gasteiger partial charge in [-0.15, -0.1) is 12.4 Å². The van der Waals surface area contributed by atoms with Gasteiger partial charge in [0.05, 0.1) is 7.11 Å². The Labute approximate surface area is 179 Å². The molecular formula is C25H28ClNO2. The smallest absolute Gasteiger partial charge is 0.168 e. The molecule has 0 aliphatic heterocycles. The van der Waals surface area contributed by atoms with Crippen molar-refractivity contribution in [1.82, 2.24) is 4.90 Å². The Bertz CT molecular complexity index is 897. The van der Waals surface area contributed by atoms with Crippen LogP contribution in [-0.2, 0) is 0 Å². The summed E-state index contributed by atoms with van der Waals surface area (Å²) in [5.74, 6) is 0.610. The van der Waals surface area contributed by atoms with Crippen LogP contribution in [0.5, 0.6) is 5.75 Å². The lowest BCUT2D eigenvalue weighted by Crippen LogP contribution is -2.33. The second kappa shape index (κ2) is 10.8. The van der Waals surface area contributed by atoms with Gasteiger partial charge in [0.2, 0.25) is 0 Å². The Balaban J connectivity index is 0.00000300. The molecule has 152 valence electrons. The van der Waals surface area contributed by atoms with Crippen molar-refractivity contribution >= 4 is 18.2 Å². The first kappa shape index (κ1) is 22.7. The third kappa shape index (κ3) is 5.47. The van der Waals surface area contributed by atoms with Crippen LogP contribution in [0.4, 0.5) is 0 Å². The van der Waals surface area contributed by atoms with Gasteiger partial charge in [0.15, 0.2) is 5.78 Å². The molecule has 0 fully saturated rings. The zero-order chi connectivity index (χ0) is 19.9. The number of nitrogens with zero attached hydrogens (tertiary/aromatic N) is 1. The van der Waals surface area contributed by atoms with Gasteiger partial charge in [0.25, 0.3) is 0 Å². The number of benzene rings is 3. The van der Waals surface area contributed by atoms with Crippen LogP contribution in [0, 0.1) is 5.92 Å². The third-order valence-corrected chi connectivity index (χ3v) is 4.99. The van der Waals surface area contributed by atoms with Crippen molar-refractivity contribution in [3.8, 4) is 5.75 Å². The Hall–Kier alpha value is -2.62. The fourth-order valence-electron chi connectivity index (χ4n) is 3.76. The molecule has 0 saturated carbocycles. The molecule has 29 heavy (non-hydrogen) atoms. The molecule has 3 nitrogen and oxygen atoms in total. The predicted octanol–water partition coefficient (Wildman–Crippen LogP) is 5.31. The van der Waals surface area contributed by atoms with Gasteiger partial charge in [-0.3, -0.25) is 4.79 Å². The van der Waals surface area contributed by atoms with Gasteiger partial charge < -0.3 is 9.64 Å². The number of carbonyl (C=O) groups is 1. The lowest BCUT2D eigenvalue weighted by atomic mass is 9.76. The molecule has 0 amide bonds. The number of ether oxygens (including phenoxy) is 1. The maximum absolute atomic E-state index is 13.6. The van der Waals surface area contributed by atoms with E-state index in [-0.39, 0.29) is 30.0 Å². The molecule has 4 heteroatoms. The minimum Gasteiger partial charge on any atom is -0.496 e. The first-order valence-corrected chi connectivity index (χ1v) is 9.53. The Morgan fingerprint density at radius 1 is 0.862 bits per heavy atom. The fraction of sp³-hybridized carbons (Fsp3) is 0.240. The zero-order valence-electron chi connectivity index (χ0n) is 17.1. The molecule has 0 aliphatic carbocycles. The molecule has 2 atom stereocenters. The monoisotopic (exact) mass is 409 g/mol. The number of rotatable bonds is 8. The SMILES string of the molecule is COc1ccccc1C(c1ccccc1)C(CN(C)C)C(=O)c1ccccc1.Cl. The Morgan fingerprint density at radius 2 is 1.41 bits per heavy atom. The van der Waals surface area contributed by atoms with Crippen LogP contribution in [0.3, 0.4) is 0 Å². The highest BCUT2D eigenvalue weighted by molar-refractivity contribution is 5.99. The highest BCUT2D eigenvalue weighted by Gasteiger charge is 2.33. The van der Waals surface area contributed by atoms with E-state index in [0.29, 0.717) is 6.54 Å². The molecule has 0 N–H and O–H groups in total. The minimum absolute atomic E-state index is 0. The molecule has 0 aromatic heterocycles. The number of halogens is 1. The number of methoxy groups -OCH3 is 1. The number of hydrogen-bond donors (Lipinski definition) is 0. The van der Waals surface area contributed by atoms with Crippen LogP contribution >= 0.6 is 12.4 Å². The molecule has 0 bridgehead atoms. The van der Waals surface area contributed by atoms with E-state index in [1.54, 1.807) is 7.11 Å². The minimum atomic E-state index is -0.240. The van der Waals surface area contributed by atoms with Gasteiger partial charge in [-0.25, -0.2) is 0 Å². The lowest BCUT2D eigenvalue weighted by Gasteiger charge is -2.30. The maximum Gasteiger partial charge on any atom is 0.168 e. The van der Waals surface area contributed by atoms with Gasteiger partial charge in [-0.05, 0) is 25.7 Å². The van der Waals surface area contributed by atoms with Crippen LogP contribution in [-0.4, -0.2) is 38.4 Å². The molecule has 3 rings (SSSR count). The number of ketones is 1. The summed E-state index contributed by atoms with van der Waals surface area (Å²) in [7, 11) is 5.70. The normalized spacial score (nSPS) is 12.7. The molecular weight excluding hydrogens is 382 g/mol. The second-order valence-corrected chi connectivity index (χ2v) is 7.23. The molecule has 3 aromatic rings. The van der Waals surface area contributed by atoms with Crippen molar-refractivity contribution in [2.75, 3.05) is 27.7 Å². The van der Waals surface area contributed by atoms with Gasteiger partial charge in [-0.2, -0.15) is 0 Å². The van der Waals surface area contributed by atoms with Crippen LogP contribution in [0.25, 0.3) is 0 Å². The van der Waals surface area contributed by atoms with Crippen LogP contribution in [0.15, 0.2) is 84.9 Å². The lowest BCUT2D eigenvalue weighted by molar-refractivity contribution is 0.0882. The predicted molar refractivity (Wildman–Crippen MR) is 121 cm³/mol. The third-order valence-electron chi connectivity index (χ3n) is 4.99. The average Bonchev–Trinajstić information content (AvgIpc) is 2.74.